The van der Waals surface area contributed by atoms with Crippen molar-refractivity contribution in [1.29, 1.82) is 0 Å². The molecule has 0 aromatic carbocycles. The van der Waals surface area contributed by atoms with Crippen molar-refractivity contribution in [2.45, 2.75) is 79.8 Å². The number of hydrogen-bond donors (Lipinski definition) is 2. The van der Waals surface area contributed by atoms with Crippen LogP contribution in [0.3, 0.4) is 0 Å². The number of carbonyl (C=O) groups is 1. The van der Waals surface area contributed by atoms with E-state index in [9.17, 15) is 18.3 Å². The molecule has 1 amide bonds. The van der Waals surface area contributed by atoms with Crippen LogP contribution in [0.2, 0.25) is 0 Å². The average molecular weight is 442 g/mol. The van der Waals surface area contributed by atoms with E-state index in [1.165, 1.54) is 30.6 Å². The largest absolute Gasteiger partial charge is 0.392 e. The predicted octanol–water partition coefficient (Wildman–Crippen LogP) is 1.79. The van der Waals surface area contributed by atoms with Crippen LogP contribution in [0.4, 0.5) is 0 Å². The van der Waals surface area contributed by atoms with Crippen molar-refractivity contribution >= 4 is 27.3 Å². The molecule has 7 nitrogen and oxygen atoms in total. The minimum absolute atomic E-state index is 0.0297. The molecule has 0 spiro atoms. The number of nitrogens with one attached hydrogen (secondary N) is 1. The molecular formula is C20H31N3O4S2. The van der Waals surface area contributed by atoms with E-state index >= 15 is 0 Å². The van der Waals surface area contributed by atoms with E-state index in [0.717, 1.165) is 12.8 Å². The van der Waals surface area contributed by atoms with Crippen molar-refractivity contribution in [1.82, 2.24) is 14.5 Å². The smallest absolute Gasteiger partial charge is 0.252 e. The van der Waals surface area contributed by atoms with Crippen LogP contribution < -0.4 is 5.32 Å². The lowest BCUT2D eigenvalue weighted by Crippen LogP contribution is -2.53. The molecule has 3 heterocycles. The fraction of sp³-hybridized carbons (Fsp3) is 0.750. The monoisotopic (exact) mass is 441 g/mol. The Kier molecular flexibility index (Phi) is 6.60. The second kappa shape index (κ2) is 9.01. The van der Waals surface area contributed by atoms with Crippen molar-refractivity contribution in [3.8, 4) is 0 Å². The number of piperidine rings is 1. The van der Waals surface area contributed by atoms with Gasteiger partial charge >= 0.3 is 0 Å². The molecule has 2 aliphatic heterocycles. The van der Waals surface area contributed by atoms with E-state index in [2.05, 4.69) is 10.2 Å². The van der Waals surface area contributed by atoms with E-state index in [4.69, 9.17) is 0 Å². The van der Waals surface area contributed by atoms with Crippen LogP contribution >= 0.6 is 11.3 Å². The van der Waals surface area contributed by atoms with Crippen LogP contribution in [0.15, 0.2) is 21.7 Å². The molecule has 9 heteroatoms. The molecule has 162 valence electrons. The number of amides is 1. The zero-order chi connectivity index (χ0) is 20.4. The van der Waals surface area contributed by atoms with Crippen molar-refractivity contribution in [3.63, 3.8) is 0 Å². The van der Waals surface area contributed by atoms with Gasteiger partial charge in [0.05, 0.1) is 12.1 Å². The van der Waals surface area contributed by atoms with E-state index in [1.54, 1.807) is 21.8 Å². The maximum absolute atomic E-state index is 12.9. The quantitative estimate of drug-likeness (QED) is 0.727. The lowest BCUT2D eigenvalue weighted by Gasteiger charge is -2.38. The van der Waals surface area contributed by atoms with Gasteiger partial charge in [0, 0.05) is 31.7 Å². The normalized spacial score (nSPS) is 28.6. The Bertz CT molecular complexity index is 785. The number of likely N-dealkylation sites (tertiary alicyclic amines) is 1. The van der Waals surface area contributed by atoms with Crippen LogP contribution in [0.25, 0.3) is 0 Å². The summed E-state index contributed by atoms with van der Waals surface area (Å²) in [5, 5.41) is 15.2. The number of thiophene rings is 1. The predicted molar refractivity (Wildman–Crippen MR) is 112 cm³/mol. The topological polar surface area (TPSA) is 89.9 Å². The van der Waals surface area contributed by atoms with Gasteiger partial charge < -0.3 is 10.4 Å². The molecule has 0 bridgehead atoms. The maximum atomic E-state index is 12.9. The van der Waals surface area contributed by atoms with Gasteiger partial charge in [0.25, 0.3) is 10.0 Å². The number of aliphatic hydroxyl groups is 1. The minimum Gasteiger partial charge on any atom is -0.392 e. The van der Waals surface area contributed by atoms with Crippen molar-refractivity contribution < 1.29 is 18.3 Å². The molecule has 2 saturated heterocycles. The molecule has 1 saturated carbocycles. The van der Waals surface area contributed by atoms with Crippen LogP contribution in [0.5, 0.6) is 0 Å². The maximum Gasteiger partial charge on any atom is 0.252 e. The molecule has 1 aromatic heterocycles. The van der Waals surface area contributed by atoms with Crippen molar-refractivity contribution in [2.24, 2.45) is 0 Å². The molecule has 2 atom stereocenters. The highest BCUT2D eigenvalue weighted by atomic mass is 32.2. The zero-order valence-electron chi connectivity index (χ0n) is 16.7. The van der Waals surface area contributed by atoms with Gasteiger partial charge in [-0.25, -0.2) is 8.42 Å². The van der Waals surface area contributed by atoms with Gasteiger partial charge in [-0.2, -0.15) is 4.31 Å². The molecule has 3 aliphatic rings. The summed E-state index contributed by atoms with van der Waals surface area (Å²) in [6.45, 7) is 1.40. The first-order valence-corrected chi connectivity index (χ1v) is 13.0. The SMILES string of the molecule is O=C(NC1CCCCC1)[C@@H]1C[C@@H](O)CN1C1CCN(S(=O)(=O)c2cccs2)CC1. The first kappa shape index (κ1) is 21.2. The molecule has 2 N–H and O–H groups in total. The highest BCUT2D eigenvalue weighted by Gasteiger charge is 2.42. The Hall–Kier alpha value is -1.00. The lowest BCUT2D eigenvalue weighted by molar-refractivity contribution is -0.127. The van der Waals surface area contributed by atoms with Gasteiger partial charge in [-0.05, 0) is 43.6 Å². The Labute approximate surface area is 177 Å². The van der Waals surface area contributed by atoms with Crippen LogP contribution in [-0.4, -0.2) is 72.5 Å². The standard InChI is InChI=1S/C20H31N3O4S2/c24-17-13-18(20(25)21-15-5-2-1-3-6-15)23(14-17)16-8-10-22(11-9-16)29(26,27)19-7-4-12-28-19/h4,7,12,15-18,24H,1-3,5-6,8-11,13-14H2,(H,21,25)/t17-,18+/m1/s1. The molecule has 3 fully saturated rings. The Morgan fingerprint density at radius 1 is 1.14 bits per heavy atom. The molecule has 0 radical (unpaired) electrons. The van der Waals surface area contributed by atoms with Gasteiger partial charge in [0.15, 0.2) is 0 Å². The second-order valence-corrected chi connectivity index (χ2v) is 11.6. The van der Waals surface area contributed by atoms with Gasteiger partial charge in [0.2, 0.25) is 5.91 Å². The van der Waals surface area contributed by atoms with E-state index in [-0.39, 0.29) is 24.0 Å². The third kappa shape index (κ3) is 4.69. The molecule has 1 aliphatic carbocycles. The molecule has 4 rings (SSSR count). The number of rotatable bonds is 5. The summed E-state index contributed by atoms with van der Waals surface area (Å²) in [6, 6.07) is 3.48. The first-order chi connectivity index (χ1) is 13.9. The minimum atomic E-state index is -3.42. The van der Waals surface area contributed by atoms with Gasteiger partial charge in [-0.1, -0.05) is 25.3 Å². The van der Waals surface area contributed by atoms with Gasteiger partial charge in [-0.15, -0.1) is 11.3 Å². The molecule has 29 heavy (non-hydrogen) atoms. The summed E-state index contributed by atoms with van der Waals surface area (Å²) < 4.78 is 27.4. The summed E-state index contributed by atoms with van der Waals surface area (Å²) in [5.41, 5.74) is 0. The van der Waals surface area contributed by atoms with E-state index in [1.807, 2.05) is 0 Å². The average Bonchev–Trinajstić information content (AvgIpc) is 3.39. The Morgan fingerprint density at radius 2 is 1.86 bits per heavy atom. The number of sulfonamides is 1. The van der Waals surface area contributed by atoms with Crippen molar-refractivity contribution in [3.05, 3.63) is 17.5 Å². The summed E-state index contributed by atoms with van der Waals surface area (Å²) in [7, 11) is -3.42. The molecular weight excluding hydrogens is 410 g/mol. The van der Waals surface area contributed by atoms with E-state index < -0.39 is 16.1 Å². The summed E-state index contributed by atoms with van der Waals surface area (Å²) in [6.07, 6.45) is 7.00. The zero-order valence-corrected chi connectivity index (χ0v) is 18.3. The Balaban J connectivity index is 1.37. The summed E-state index contributed by atoms with van der Waals surface area (Å²) in [4.78, 5) is 15.0. The molecule has 1 aromatic rings. The lowest BCUT2D eigenvalue weighted by atomic mass is 9.95. The number of nitrogens with zero attached hydrogens (tertiary/aromatic N) is 2. The first-order valence-electron chi connectivity index (χ1n) is 10.7. The number of β-amino-alcohol motifs (C(OH)–C–C–N with tert-alkyl or cyclic N) is 1. The van der Waals surface area contributed by atoms with Gasteiger partial charge in [-0.3, -0.25) is 9.69 Å². The second-order valence-electron chi connectivity index (χ2n) is 8.51. The number of hydrogen-bond acceptors (Lipinski definition) is 6. The third-order valence-electron chi connectivity index (χ3n) is 6.55. The number of carbonyl (C=O) groups excluding carboxylic acids is 1. The highest BCUT2D eigenvalue weighted by molar-refractivity contribution is 7.91. The van der Waals surface area contributed by atoms with E-state index in [0.29, 0.717) is 43.1 Å². The van der Waals surface area contributed by atoms with Crippen molar-refractivity contribution in [2.75, 3.05) is 19.6 Å². The molecule has 0 unspecified atom stereocenters. The number of aliphatic hydroxyl groups excluding tert-OH is 1. The fourth-order valence-corrected chi connectivity index (χ4v) is 7.61. The van der Waals surface area contributed by atoms with Gasteiger partial charge in [0.1, 0.15) is 4.21 Å². The highest BCUT2D eigenvalue weighted by Crippen LogP contribution is 2.30. The Morgan fingerprint density at radius 3 is 2.52 bits per heavy atom. The van der Waals surface area contributed by atoms with Crippen LogP contribution in [0, 0.1) is 0 Å². The summed E-state index contributed by atoms with van der Waals surface area (Å²) >= 11 is 1.24. The third-order valence-corrected chi connectivity index (χ3v) is 9.82. The van der Waals surface area contributed by atoms with Crippen LogP contribution in [-0.2, 0) is 14.8 Å². The van der Waals surface area contributed by atoms with Crippen LogP contribution in [0.1, 0.15) is 51.4 Å². The summed E-state index contributed by atoms with van der Waals surface area (Å²) in [5.74, 6) is 0.0297. The fourth-order valence-electron chi connectivity index (χ4n) is 5.00.